The van der Waals surface area contributed by atoms with Crippen LogP contribution in [0.4, 0.5) is 17.6 Å². The number of hydrogen-bond acceptors (Lipinski definition) is 3. The fourth-order valence-corrected chi connectivity index (χ4v) is 2.97. The molecule has 1 fully saturated rings. The zero-order valence-electron chi connectivity index (χ0n) is 13.2. The van der Waals surface area contributed by atoms with Crippen LogP contribution in [0.15, 0.2) is 40.8 Å². The van der Waals surface area contributed by atoms with Gasteiger partial charge in [0.2, 0.25) is 0 Å². The molecule has 1 aliphatic heterocycles. The van der Waals surface area contributed by atoms with Gasteiger partial charge in [-0.05, 0) is 24.3 Å². The Bertz CT molecular complexity index is 845. The maximum absolute atomic E-state index is 13.8. The predicted octanol–water partition coefficient (Wildman–Crippen LogP) is 3.42. The number of furan rings is 1. The highest BCUT2D eigenvalue weighted by molar-refractivity contribution is 5.93. The van der Waals surface area contributed by atoms with E-state index in [9.17, 15) is 27.2 Å². The molecule has 0 saturated carbocycles. The second kappa shape index (κ2) is 6.47. The fraction of sp³-hybridized carbons (Fsp3) is 0.294. The molecule has 0 aliphatic carbocycles. The van der Waals surface area contributed by atoms with Crippen molar-refractivity contribution in [3.8, 4) is 11.3 Å². The largest absolute Gasteiger partial charge is 0.481 e. The van der Waals surface area contributed by atoms with E-state index in [-0.39, 0.29) is 17.1 Å². The minimum absolute atomic E-state index is 0.0489. The third-order valence-corrected chi connectivity index (χ3v) is 4.30. The van der Waals surface area contributed by atoms with Crippen LogP contribution < -0.4 is 0 Å². The van der Waals surface area contributed by atoms with E-state index in [1.807, 2.05) is 0 Å². The Balaban J connectivity index is 1.82. The van der Waals surface area contributed by atoms with Gasteiger partial charge in [0.15, 0.2) is 5.76 Å². The average molecular weight is 371 g/mol. The van der Waals surface area contributed by atoms with E-state index in [2.05, 4.69) is 0 Å². The first kappa shape index (κ1) is 18.0. The van der Waals surface area contributed by atoms with E-state index in [4.69, 9.17) is 9.52 Å². The van der Waals surface area contributed by atoms with Gasteiger partial charge >= 0.3 is 12.1 Å². The Morgan fingerprint density at radius 3 is 2.38 bits per heavy atom. The smallest absolute Gasteiger partial charge is 0.394 e. The summed E-state index contributed by atoms with van der Waals surface area (Å²) in [5, 5.41) is 9.00. The van der Waals surface area contributed by atoms with Crippen LogP contribution in [0.3, 0.4) is 0 Å². The first-order valence-electron chi connectivity index (χ1n) is 7.62. The molecule has 1 aliphatic rings. The number of aliphatic carboxylic acids is 1. The zero-order valence-corrected chi connectivity index (χ0v) is 13.2. The maximum atomic E-state index is 13.8. The summed E-state index contributed by atoms with van der Waals surface area (Å²) in [7, 11) is 0. The van der Waals surface area contributed by atoms with Crippen LogP contribution in [0.1, 0.15) is 10.6 Å². The number of halogens is 4. The molecule has 2 aromatic rings. The second-order valence-electron chi connectivity index (χ2n) is 5.95. The molecule has 1 saturated heterocycles. The molecule has 1 aromatic carbocycles. The van der Waals surface area contributed by atoms with Gasteiger partial charge in [0.05, 0.1) is 17.4 Å². The summed E-state index contributed by atoms with van der Waals surface area (Å²) >= 11 is 0. The molecule has 1 N–H and O–H groups in total. The minimum Gasteiger partial charge on any atom is -0.481 e. The molecule has 2 atom stereocenters. The monoisotopic (exact) mass is 371 g/mol. The van der Waals surface area contributed by atoms with Crippen molar-refractivity contribution in [1.82, 2.24) is 4.90 Å². The number of likely N-dealkylation sites (tertiary alicyclic amines) is 1. The normalized spacial score (nSPS) is 20.4. The molecule has 1 amide bonds. The minimum atomic E-state index is -4.74. The molecule has 5 nitrogen and oxygen atoms in total. The van der Waals surface area contributed by atoms with Crippen molar-refractivity contribution in [3.63, 3.8) is 0 Å². The van der Waals surface area contributed by atoms with Crippen molar-refractivity contribution in [2.24, 2.45) is 11.8 Å². The van der Waals surface area contributed by atoms with Crippen molar-refractivity contribution < 1.29 is 36.7 Å². The number of carbonyl (C=O) groups is 2. The maximum Gasteiger partial charge on any atom is 0.394 e. The lowest BCUT2D eigenvalue weighted by Gasteiger charge is -2.17. The number of carbonyl (C=O) groups excluding carboxylic acids is 1. The third-order valence-electron chi connectivity index (χ3n) is 4.30. The summed E-state index contributed by atoms with van der Waals surface area (Å²) in [6.07, 6.45) is -4.74. The quantitative estimate of drug-likeness (QED) is 0.840. The van der Waals surface area contributed by atoms with Gasteiger partial charge in [0.1, 0.15) is 11.6 Å². The first-order chi connectivity index (χ1) is 12.2. The molecular formula is C17H13F4NO4. The van der Waals surface area contributed by atoms with Crippen molar-refractivity contribution >= 4 is 11.9 Å². The SMILES string of the molecule is O=C(O)[C@@H]1CN(C(=O)c2ccc(-c3ccccc3F)o2)C[C@H]1C(F)(F)F. The highest BCUT2D eigenvalue weighted by Crippen LogP contribution is 2.38. The van der Waals surface area contributed by atoms with Crippen LogP contribution in [-0.2, 0) is 4.79 Å². The number of amides is 1. The molecule has 0 radical (unpaired) electrons. The van der Waals surface area contributed by atoms with Crippen molar-refractivity contribution in [1.29, 1.82) is 0 Å². The van der Waals surface area contributed by atoms with Gasteiger partial charge in [0.25, 0.3) is 5.91 Å². The summed E-state index contributed by atoms with van der Waals surface area (Å²) in [5.41, 5.74) is 0.101. The van der Waals surface area contributed by atoms with Gasteiger partial charge < -0.3 is 14.4 Å². The number of carboxylic acids is 1. The Kier molecular flexibility index (Phi) is 4.47. The van der Waals surface area contributed by atoms with Crippen LogP contribution in [-0.4, -0.2) is 41.1 Å². The van der Waals surface area contributed by atoms with Gasteiger partial charge in [-0.15, -0.1) is 0 Å². The van der Waals surface area contributed by atoms with Crippen molar-refractivity contribution in [2.75, 3.05) is 13.1 Å². The number of hydrogen-bond donors (Lipinski definition) is 1. The molecule has 26 heavy (non-hydrogen) atoms. The van der Waals surface area contributed by atoms with Crippen molar-refractivity contribution in [2.45, 2.75) is 6.18 Å². The van der Waals surface area contributed by atoms with Crippen LogP contribution in [0.2, 0.25) is 0 Å². The Hall–Kier alpha value is -2.84. The fourth-order valence-electron chi connectivity index (χ4n) is 2.97. The Morgan fingerprint density at radius 2 is 1.81 bits per heavy atom. The van der Waals surface area contributed by atoms with E-state index in [0.717, 1.165) is 4.90 Å². The topological polar surface area (TPSA) is 70.8 Å². The summed E-state index contributed by atoms with van der Waals surface area (Å²) in [6.45, 7) is -1.34. The average Bonchev–Trinajstić information content (AvgIpc) is 3.22. The highest BCUT2D eigenvalue weighted by atomic mass is 19.4. The number of rotatable bonds is 3. The lowest BCUT2D eigenvalue weighted by molar-refractivity contribution is -0.187. The lowest BCUT2D eigenvalue weighted by atomic mass is 9.96. The highest BCUT2D eigenvalue weighted by Gasteiger charge is 2.53. The molecule has 9 heteroatoms. The van der Waals surface area contributed by atoms with Gasteiger partial charge in [-0.2, -0.15) is 13.2 Å². The number of carboxylic acid groups (broad SMARTS) is 1. The van der Waals surface area contributed by atoms with Crippen LogP contribution >= 0.6 is 0 Å². The summed E-state index contributed by atoms with van der Waals surface area (Å²) in [5.74, 6) is -7.18. The van der Waals surface area contributed by atoms with Gasteiger partial charge in [-0.25, -0.2) is 4.39 Å². The van der Waals surface area contributed by atoms with Gasteiger partial charge in [-0.3, -0.25) is 9.59 Å². The molecule has 0 unspecified atom stereocenters. The van der Waals surface area contributed by atoms with E-state index >= 15 is 0 Å². The first-order valence-corrected chi connectivity index (χ1v) is 7.62. The number of benzene rings is 1. The summed E-state index contributed by atoms with van der Waals surface area (Å²) < 4.78 is 58.1. The number of nitrogens with zero attached hydrogens (tertiary/aromatic N) is 1. The summed E-state index contributed by atoms with van der Waals surface area (Å²) in [6, 6.07) is 8.22. The molecule has 2 heterocycles. The molecule has 138 valence electrons. The zero-order chi connectivity index (χ0) is 19.1. The lowest BCUT2D eigenvalue weighted by Crippen LogP contribution is -2.34. The van der Waals surface area contributed by atoms with Crippen LogP contribution in [0, 0.1) is 17.7 Å². The predicted molar refractivity (Wildman–Crippen MR) is 80.7 cm³/mol. The van der Waals surface area contributed by atoms with Crippen LogP contribution in [0.25, 0.3) is 11.3 Å². The molecular weight excluding hydrogens is 358 g/mol. The van der Waals surface area contributed by atoms with E-state index < -0.39 is 48.8 Å². The van der Waals surface area contributed by atoms with Gasteiger partial charge in [-0.1, -0.05) is 12.1 Å². The molecule has 1 aromatic heterocycles. The van der Waals surface area contributed by atoms with Gasteiger partial charge in [0, 0.05) is 13.1 Å². The summed E-state index contributed by atoms with van der Waals surface area (Å²) in [4.78, 5) is 24.3. The third kappa shape index (κ3) is 3.29. The van der Waals surface area contributed by atoms with E-state index in [0.29, 0.717) is 0 Å². The van der Waals surface area contributed by atoms with E-state index in [1.165, 1.54) is 30.3 Å². The Morgan fingerprint density at radius 1 is 1.12 bits per heavy atom. The molecule has 3 rings (SSSR count). The Labute approximate surface area is 144 Å². The molecule has 0 spiro atoms. The second-order valence-corrected chi connectivity index (χ2v) is 5.95. The standard InChI is InChI=1S/C17H13F4NO4/c18-12-4-2-1-3-9(12)13-5-6-14(26-13)15(23)22-7-10(16(24)25)11(8-22)17(19,20)21/h1-6,10-11H,7-8H2,(H,24,25)/t10-,11-/m1/s1. The van der Waals surface area contributed by atoms with Crippen molar-refractivity contribution in [3.05, 3.63) is 48.0 Å². The number of alkyl halides is 3. The van der Waals surface area contributed by atoms with Crippen LogP contribution in [0.5, 0.6) is 0 Å². The molecule has 0 bridgehead atoms. The van der Waals surface area contributed by atoms with E-state index in [1.54, 1.807) is 6.07 Å².